The molecule has 1 heterocycles. The van der Waals surface area contributed by atoms with Crippen LogP contribution in [0.5, 0.6) is 0 Å². The number of rotatable bonds is 2. The molecule has 0 unspecified atom stereocenters. The molecule has 0 saturated heterocycles. The van der Waals surface area contributed by atoms with Crippen molar-refractivity contribution in [1.82, 2.24) is 9.78 Å². The van der Waals surface area contributed by atoms with E-state index in [1.807, 2.05) is 14.0 Å². The number of aryl methyl sites for hydroxylation is 2. The lowest BCUT2D eigenvalue weighted by molar-refractivity contribution is -0.111. The van der Waals surface area contributed by atoms with Gasteiger partial charge in [-0.3, -0.25) is 9.48 Å². The van der Waals surface area contributed by atoms with Gasteiger partial charge in [-0.1, -0.05) is 6.08 Å². The molecule has 0 atom stereocenters. The van der Waals surface area contributed by atoms with Crippen molar-refractivity contribution >= 4 is 11.6 Å². The van der Waals surface area contributed by atoms with E-state index < -0.39 is 0 Å². The minimum absolute atomic E-state index is 0.126. The third-order valence-corrected chi connectivity index (χ3v) is 1.59. The number of anilines is 1. The molecule has 13 heavy (non-hydrogen) atoms. The van der Waals surface area contributed by atoms with Gasteiger partial charge in [-0.15, -0.1) is 0 Å². The number of carbonyl (C=O) groups is 1. The number of aromatic nitrogens is 2. The Bertz CT molecular complexity index is 339. The molecule has 0 aromatic carbocycles. The Morgan fingerprint density at radius 1 is 1.69 bits per heavy atom. The number of amides is 1. The summed E-state index contributed by atoms with van der Waals surface area (Å²) in [6.07, 6.45) is 4.95. The summed E-state index contributed by atoms with van der Waals surface area (Å²) in [7, 11) is 1.82. The van der Waals surface area contributed by atoms with Crippen molar-refractivity contribution in [3.05, 3.63) is 24.0 Å². The zero-order chi connectivity index (χ0) is 9.84. The highest BCUT2D eigenvalue weighted by molar-refractivity contribution is 5.99. The third kappa shape index (κ3) is 2.43. The molecular weight excluding hydrogens is 166 g/mol. The molecule has 1 rings (SSSR count). The van der Waals surface area contributed by atoms with Crippen molar-refractivity contribution < 1.29 is 4.79 Å². The fourth-order valence-corrected chi connectivity index (χ4v) is 1.05. The number of hydrogen-bond acceptors (Lipinski definition) is 2. The van der Waals surface area contributed by atoms with Gasteiger partial charge in [0.15, 0.2) is 0 Å². The molecule has 0 spiro atoms. The molecule has 0 aliphatic rings. The highest BCUT2D eigenvalue weighted by Crippen LogP contribution is 2.10. The summed E-state index contributed by atoms with van der Waals surface area (Å²) in [6.45, 7) is 3.65. The molecule has 0 aliphatic heterocycles. The lowest BCUT2D eigenvalue weighted by Gasteiger charge is -1.97. The van der Waals surface area contributed by atoms with Crippen LogP contribution in [-0.2, 0) is 11.8 Å². The van der Waals surface area contributed by atoms with Crippen LogP contribution in [0.3, 0.4) is 0 Å². The van der Waals surface area contributed by atoms with E-state index in [9.17, 15) is 4.79 Å². The van der Waals surface area contributed by atoms with Crippen LogP contribution in [0.4, 0.5) is 5.69 Å². The molecule has 0 fully saturated rings. The number of allylic oxidation sites excluding steroid dienone is 1. The van der Waals surface area contributed by atoms with Gasteiger partial charge in [-0.05, 0) is 19.9 Å². The first-order valence-electron chi connectivity index (χ1n) is 4.07. The van der Waals surface area contributed by atoms with Gasteiger partial charge in [0.1, 0.15) is 0 Å². The zero-order valence-corrected chi connectivity index (χ0v) is 8.03. The summed E-state index contributed by atoms with van der Waals surface area (Å²) in [5.41, 5.74) is 1.57. The van der Waals surface area contributed by atoms with E-state index in [1.54, 1.807) is 23.9 Å². The van der Waals surface area contributed by atoms with Gasteiger partial charge in [-0.2, -0.15) is 5.10 Å². The molecule has 0 radical (unpaired) electrons. The van der Waals surface area contributed by atoms with E-state index in [4.69, 9.17) is 0 Å². The SMILES string of the molecule is C/C=C/C(=O)Nc1cn(C)nc1C. The summed E-state index contributed by atoms with van der Waals surface area (Å²) in [5, 5.41) is 6.82. The molecule has 4 nitrogen and oxygen atoms in total. The van der Waals surface area contributed by atoms with Crippen molar-refractivity contribution in [2.45, 2.75) is 13.8 Å². The predicted octanol–water partition coefficient (Wildman–Crippen LogP) is 1.24. The van der Waals surface area contributed by atoms with Crippen molar-refractivity contribution in [2.24, 2.45) is 7.05 Å². The minimum atomic E-state index is -0.126. The number of nitrogens with zero attached hydrogens (tertiary/aromatic N) is 2. The summed E-state index contributed by atoms with van der Waals surface area (Å²) in [6, 6.07) is 0. The zero-order valence-electron chi connectivity index (χ0n) is 8.03. The van der Waals surface area contributed by atoms with E-state index >= 15 is 0 Å². The van der Waals surface area contributed by atoms with Crippen LogP contribution in [-0.4, -0.2) is 15.7 Å². The first-order chi connectivity index (χ1) is 6.13. The maximum Gasteiger partial charge on any atom is 0.248 e. The number of nitrogens with one attached hydrogen (secondary N) is 1. The Balaban J connectivity index is 2.74. The third-order valence-electron chi connectivity index (χ3n) is 1.59. The summed E-state index contributed by atoms with van der Waals surface area (Å²) < 4.78 is 1.67. The predicted molar refractivity (Wildman–Crippen MR) is 51.4 cm³/mol. The fraction of sp³-hybridized carbons (Fsp3) is 0.333. The van der Waals surface area contributed by atoms with Crippen LogP contribution < -0.4 is 5.32 Å². The van der Waals surface area contributed by atoms with Crippen LogP contribution in [0, 0.1) is 6.92 Å². The second-order valence-corrected chi connectivity index (χ2v) is 2.79. The van der Waals surface area contributed by atoms with Crippen LogP contribution in [0.25, 0.3) is 0 Å². The Labute approximate surface area is 77.3 Å². The molecule has 0 aliphatic carbocycles. The number of hydrogen-bond donors (Lipinski definition) is 1. The second kappa shape index (κ2) is 3.89. The molecule has 70 valence electrons. The topological polar surface area (TPSA) is 46.9 Å². The Morgan fingerprint density at radius 3 is 2.85 bits per heavy atom. The summed E-state index contributed by atoms with van der Waals surface area (Å²) >= 11 is 0. The smallest absolute Gasteiger partial charge is 0.248 e. The first-order valence-corrected chi connectivity index (χ1v) is 4.07. The maximum absolute atomic E-state index is 11.1. The lowest BCUT2D eigenvalue weighted by atomic mass is 10.4. The van der Waals surface area contributed by atoms with Crippen LogP contribution in [0.2, 0.25) is 0 Å². The van der Waals surface area contributed by atoms with Gasteiger partial charge >= 0.3 is 0 Å². The largest absolute Gasteiger partial charge is 0.320 e. The van der Waals surface area contributed by atoms with E-state index in [0.29, 0.717) is 0 Å². The monoisotopic (exact) mass is 179 g/mol. The van der Waals surface area contributed by atoms with Crippen molar-refractivity contribution in [2.75, 3.05) is 5.32 Å². The second-order valence-electron chi connectivity index (χ2n) is 2.79. The molecular formula is C9H13N3O. The quantitative estimate of drug-likeness (QED) is 0.694. The molecule has 4 heteroatoms. The lowest BCUT2D eigenvalue weighted by Crippen LogP contribution is -2.07. The molecule has 1 N–H and O–H groups in total. The molecule has 1 amide bonds. The number of carbonyl (C=O) groups excluding carboxylic acids is 1. The maximum atomic E-state index is 11.1. The van der Waals surface area contributed by atoms with Crippen molar-refractivity contribution in [3.63, 3.8) is 0 Å². The molecule has 1 aromatic rings. The Kier molecular flexibility index (Phi) is 2.84. The summed E-state index contributed by atoms with van der Waals surface area (Å²) in [4.78, 5) is 11.1. The van der Waals surface area contributed by atoms with Crippen LogP contribution in [0.15, 0.2) is 18.3 Å². The molecule has 0 saturated carbocycles. The van der Waals surface area contributed by atoms with Gasteiger partial charge in [0.05, 0.1) is 11.4 Å². The van der Waals surface area contributed by atoms with E-state index in [1.165, 1.54) is 6.08 Å². The highest BCUT2D eigenvalue weighted by atomic mass is 16.1. The van der Waals surface area contributed by atoms with Crippen LogP contribution in [0.1, 0.15) is 12.6 Å². The average Bonchev–Trinajstić information content (AvgIpc) is 2.30. The van der Waals surface area contributed by atoms with Gasteiger partial charge in [0, 0.05) is 13.2 Å². The van der Waals surface area contributed by atoms with Gasteiger partial charge < -0.3 is 5.32 Å². The highest BCUT2D eigenvalue weighted by Gasteiger charge is 2.04. The van der Waals surface area contributed by atoms with Gasteiger partial charge in [-0.25, -0.2) is 0 Å². The van der Waals surface area contributed by atoms with Crippen LogP contribution >= 0.6 is 0 Å². The van der Waals surface area contributed by atoms with E-state index in [0.717, 1.165) is 11.4 Å². The fourth-order valence-electron chi connectivity index (χ4n) is 1.05. The Morgan fingerprint density at radius 2 is 2.38 bits per heavy atom. The van der Waals surface area contributed by atoms with E-state index in [2.05, 4.69) is 10.4 Å². The first kappa shape index (κ1) is 9.51. The normalized spacial score (nSPS) is 10.7. The van der Waals surface area contributed by atoms with E-state index in [-0.39, 0.29) is 5.91 Å². The van der Waals surface area contributed by atoms with Crippen molar-refractivity contribution in [3.8, 4) is 0 Å². The minimum Gasteiger partial charge on any atom is -0.320 e. The standard InChI is InChI=1S/C9H13N3O/c1-4-5-9(13)10-8-6-12(3)11-7(8)2/h4-6H,1-3H3,(H,10,13)/b5-4+. The average molecular weight is 179 g/mol. The van der Waals surface area contributed by atoms with Crippen molar-refractivity contribution in [1.29, 1.82) is 0 Å². The van der Waals surface area contributed by atoms with Gasteiger partial charge in [0.2, 0.25) is 5.91 Å². The van der Waals surface area contributed by atoms with Gasteiger partial charge in [0.25, 0.3) is 0 Å². The molecule has 1 aromatic heterocycles. The summed E-state index contributed by atoms with van der Waals surface area (Å²) in [5.74, 6) is -0.126. The molecule has 0 bridgehead atoms. The Hall–Kier alpha value is -1.58.